The Morgan fingerprint density at radius 3 is 2.15 bits per heavy atom. The van der Waals surface area contributed by atoms with E-state index in [1.165, 1.54) is 25.7 Å². The summed E-state index contributed by atoms with van der Waals surface area (Å²) in [5.74, 6) is 2.55. The average molecular weight is 182 g/mol. The molecular weight excluding hydrogens is 160 g/mol. The molecule has 2 atom stereocenters. The second-order valence-electron chi connectivity index (χ2n) is 4.87. The Bertz CT molecular complexity index is 157. The minimum absolute atomic E-state index is 0.249. The van der Waals surface area contributed by atoms with Crippen LogP contribution in [0.2, 0.25) is 0 Å². The van der Waals surface area contributed by atoms with E-state index in [2.05, 4.69) is 20.8 Å². The predicted octanol–water partition coefficient (Wildman–Crippen LogP) is 3.28. The Kier molecular flexibility index (Phi) is 3.95. The maximum Gasteiger partial charge on any atom is 0.123 e. The van der Waals surface area contributed by atoms with Crippen molar-refractivity contribution in [3.05, 3.63) is 0 Å². The number of rotatable bonds is 3. The summed E-state index contributed by atoms with van der Waals surface area (Å²) in [7, 11) is 0. The minimum atomic E-state index is 0.249. The van der Waals surface area contributed by atoms with Gasteiger partial charge in [0.2, 0.25) is 0 Å². The average Bonchev–Trinajstić information content (AvgIpc) is 2.17. The third kappa shape index (κ3) is 2.82. The van der Waals surface area contributed by atoms with E-state index in [9.17, 15) is 4.79 Å². The molecule has 0 spiro atoms. The highest BCUT2D eigenvalue weighted by Gasteiger charge is 2.26. The van der Waals surface area contributed by atoms with E-state index in [0.717, 1.165) is 18.1 Å². The summed E-state index contributed by atoms with van der Waals surface area (Å²) < 4.78 is 0. The fraction of sp³-hybridized carbons (Fsp3) is 0.917. The smallest absolute Gasteiger partial charge is 0.123 e. The van der Waals surface area contributed by atoms with Gasteiger partial charge in [0, 0.05) is 5.92 Å². The normalized spacial score (nSPS) is 33.8. The van der Waals surface area contributed by atoms with Crippen LogP contribution < -0.4 is 0 Å². The van der Waals surface area contributed by atoms with Gasteiger partial charge in [0.15, 0.2) is 0 Å². The van der Waals surface area contributed by atoms with Crippen molar-refractivity contribution < 1.29 is 4.79 Å². The fourth-order valence-electron chi connectivity index (χ4n) is 2.36. The van der Waals surface area contributed by atoms with Gasteiger partial charge in [-0.25, -0.2) is 0 Å². The molecule has 0 heterocycles. The first-order valence-electron chi connectivity index (χ1n) is 5.60. The summed E-state index contributed by atoms with van der Waals surface area (Å²) in [4.78, 5) is 10.7. The summed E-state index contributed by atoms with van der Waals surface area (Å²) in [5, 5.41) is 0. The molecule has 2 unspecified atom stereocenters. The number of carbonyl (C=O) groups excluding carboxylic acids is 1. The van der Waals surface area contributed by atoms with Gasteiger partial charge in [-0.2, -0.15) is 0 Å². The Labute approximate surface area is 81.9 Å². The van der Waals surface area contributed by atoms with Crippen molar-refractivity contribution in [3.63, 3.8) is 0 Å². The quantitative estimate of drug-likeness (QED) is 0.612. The molecule has 1 fully saturated rings. The highest BCUT2D eigenvalue weighted by molar-refractivity contribution is 5.53. The molecule has 0 N–H and O–H groups in total. The van der Waals surface area contributed by atoms with E-state index in [-0.39, 0.29) is 5.92 Å². The highest BCUT2D eigenvalue weighted by atomic mass is 16.1. The predicted molar refractivity (Wildman–Crippen MR) is 55.5 cm³/mol. The van der Waals surface area contributed by atoms with Crippen LogP contribution in [0.25, 0.3) is 0 Å². The van der Waals surface area contributed by atoms with Gasteiger partial charge in [-0.3, -0.25) is 0 Å². The van der Waals surface area contributed by atoms with Gasteiger partial charge in [-0.15, -0.1) is 0 Å². The SMILES string of the molecule is CC1CCC(C(C)C(C)C=O)CC1. The highest BCUT2D eigenvalue weighted by Crippen LogP contribution is 2.35. The van der Waals surface area contributed by atoms with Crippen molar-refractivity contribution in [2.75, 3.05) is 0 Å². The summed E-state index contributed by atoms with van der Waals surface area (Å²) in [5.41, 5.74) is 0. The first-order valence-corrected chi connectivity index (χ1v) is 5.60. The van der Waals surface area contributed by atoms with Crippen molar-refractivity contribution in [3.8, 4) is 0 Å². The van der Waals surface area contributed by atoms with E-state index < -0.39 is 0 Å². The molecule has 1 saturated carbocycles. The monoisotopic (exact) mass is 182 g/mol. The number of carbonyl (C=O) groups is 1. The first kappa shape index (κ1) is 10.7. The number of hydrogen-bond acceptors (Lipinski definition) is 1. The first-order chi connectivity index (χ1) is 6.15. The molecule has 1 aliphatic carbocycles. The zero-order chi connectivity index (χ0) is 9.84. The van der Waals surface area contributed by atoms with Crippen LogP contribution in [0.5, 0.6) is 0 Å². The molecule has 0 amide bonds. The molecule has 1 aliphatic rings. The van der Waals surface area contributed by atoms with Crippen LogP contribution in [0.1, 0.15) is 46.5 Å². The Hall–Kier alpha value is -0.330. The fourth-order valence-corrected chi connectivity index (χ4v) is 2.36. The van der Waals surface area contributed by atoms with Crippen LogP contribution >= 0.6 is 0 Å². The molecule has 1 rings (SSSR count). The van der Waals surface area contributed by atoms with E-state index in [1.54, 1.807) is 0 Å². The van der Waals surface area contributed by atoms with Crippen molar-refractivity contribution >= 4 is 6.29 Å². The lowest BCUT2D eigenvalue weighted by molar-refractivity contribution is -0.112. The molecule has 13 heavy (non-hydrogen) atoms. The second-order valence-corrected chi connectivity index (χ2v) is 4.87. The molecule has 0 aromatic heterocycles. The van der Waals surface area contributed by atoms with Crippen molar-refractivity contribution in [1.29, 1.82) is 0 Å². The molecule has 0 aromatic rings. The van der Waals surface area contributed by atoms with Crippen LogP contribution in [0.3, 0.4) is 0 Å². The molecule has 0 aromatic carbocycles. The Morgan fingerprint density at radius 1 is 1.15 bits per heavy atom. The van der Waals surface area contributed by atoms with Gasteiger partial charge in [0.25, 0.3) is 0 Å². The maximum atomic E-state index is 10.7. The van der Waals surface area contributed by atoms with Gasteiger partial charge in [0.1, 0.15) is 6.29 Å². The third-order valence-electron chi connectivity index (χ3n) is 3.85. The van der Waals surface area contributed by atoms with E-state index in [4.69, 9.17) is 0 Å². The van der Waals surface area contributed by atoms with Gasteiger partial charge < -0.3 is 4.79 Å². The summed E-state index contributed by atoms with van der Waals surface area (Å²) >= 11 is 0. The molecule has 1 heteroatoms. The summed E-state index contributed by atoms with van der Waals surface area (Å²) in [6.45, 7) is 6.62. The van der Waals surface area contributed by atoms with Gasteiger partial charge in [0.05, 0.1) is 0 Å². The summed E-state index contributed by atoms with van der Waals surface area (Å²) in [6.07, 6.45) is 6.50. The van der Waals surface area contributed by atoms with Gasteiger partial charge in [-0.1, -0.05) is 33.6 Å². The van der Waals surface area contributed by atoms with Crippen LogP contribution in [0, 0.1) is 23.7 Å². The zero-order valence-electron chi connectivity index (χ0n) is 9.12. The van der Waals surface area contributed by atoms with Crippen molar-refractivity contribution in [2.24, 2.45) is 23.7 Å². The lowest BCUT2D eigenvalue weighted by Gasteiger charge is -2.32. The lowest BCUT2D eigenvalue weighted by Crippen LogP contribution is -2.24. The van der Waals surface area contributed by atoms with Crippen LogP contribution in [0.15, 0.2) is 0 Å². The number of hydrogen-bond donors (Lipinski definition) is 0. The summed E-state index contributed by atoms with van der Waals surface area (Å²) in [6, 6.07) is 0. The maximum absolute atomic E-state index is 10.7. The molecule has 0 bridgehead atoms. The number of aldehydes is 1. The van der Waals surface area contributed by atoms with Gasteiger partial charge in [-0.05, 0) is 30.6 Å². The lowest BCUT2D eigenvalue weighted by atomic mass is 9.73. The molecule has 0 saturated heterocycles. The third-order valence-corrected chi connectivity index (χ3v) is 3.85. The van der Waals surface area contributed by atoms with Crippen LogP contribution in [0.4, 0.5) is 0 Å². The molecule has 1 nitrogen and oxygen atoms in total. The van der Waals surface area contributed by atoms with Crippen molar-refractivity contribution in [2.45, 2.75) is 46.5 Å². The Balaban J connectivity index is 2.39. The molecule has 0 aliphatic heterocycles. The van der Waals surface area contributed by atoms with Crippen molar-refractivity contribution in [1.82, 2.24) is 0 Å². The van der Waals surface area contributed by atoms with Crippen LogP contribution in [-0.4, -0.2) is 6.29 Å². The molecule has 0 radical (unpaired) electrons. The molecule has 76 valence electrons. The topological polar surface area (TPSA) is 17.1 Å². The van der Waals surface area contributed by atoms with Crippen LogP contribution in [-0.2, 0) is 4.79 Å². The zero-order valence-corrected chi connectivity index (χ0v) is 9.12. The Morgan fingerprint density at radius 2 is 1.69 bits per heavy atom. The largest absolute Gasteiger partial charge is 0.303 e. The van der Waals surface area contributed by atoms with E-state index in [1.807, 2.05) is 0 Å². The second kappa shape index (κ2) is 4.78. The molecular formula is C12H22O. The van der Waals surface area contributed by atoms with E-state index in [0.29, 0.717) is 5.92 Å². The minimum Gasteiger partial charge on any atom is -0.303 e. The van der Waals surface area contributed by atoms with Gasteiger partial charge >= 0.3 is 0 Å². The van der Waals surface area contributed by atoms with E-state index >= 15 is 0 Å². The standard InChI is InChI=1S/C12H22O/c1-9-4-6-12(7-5-9)11(3)10(2)8-13/h8-12H,4-7H2,1-3H3.